The van der Waals surface area contributed by atoms with E-state index in [4.69, 9.17) is 4.98 Å². The third-order valence-electron chi connectivity index (χ3n) is 8.37. The monoisotopic (exact) mass is 517 g/mol. The zero-order valence-corrected chi connectivity index (χ0v) is 21.6. The fourth-order valence-corrected chi connectivity index (χ4v) is 6.46. The molecule has 10 heteroatoms. The first kappa shape index (κ1) is 24.7. The molecule has 1 fully saturated rings. The van der Waals surface area contributed by atoms with Crippen LogP contribution in [0.4, 0.5) is 8.78 Å². The van der Waals surface area contributed by atoms with Crippen molar-refractivity contribution in [3.63, 3.8) is 0 Å². The van der Waals surface area contributed by atoms with Crippen molar-refractivity contribution in [1.82, 2.24) is 34.9 Å². The fraction of sp³-hybridized carbons (Fsp3) is 0.429. The second-order valence-electron chi connectivity index (χ2n) is 11.2. The molecule has 7 rings (SSSR count). The van der Waals surface area contributed by atoms with Crippen molar-refractivity contribution in [2.24, 2.45) is 11.3 Å². The lowest BCUT2D eigenvalue weighted by molar-refractivity contribution is 0.0811. The van der Waals surface area contributed by atoms with Crippen LogP contribution in [0.3, 0.4) is 0 Å². The molecule has 3 atom stereocenters. The van der Waals surface area contributed by atoms with Crippen molar-refractivity contribution >= 4 is 0 Å². The van der Waals surface area contributed by atoms with Crippen molar-refractivity contribution < 1.29 is 13.9 Å². The molecule has 2 bridgehead atoms. The van der Waals surface area contributed by atoms with E-state index >= 15 is 0 Å². The minimum Gasteiger partial charge on any atom is -0.396 e. The highest BCUT2D eigenvalue weighted by Gasteiger charge is 2.59. The molecule has 196 valence electrons. The Hall–Kier alpha value is -3.66. The third kappa shape index (κ3) is 3.65. The van der Waals surface area contributed by atoms with Gasteiger partial charge in [-0.15, -0.1) is 5.10 Å². The number of halogens is 2. The van der Waals surface area contributed by atoms with Gasteiger partial charge in [0.1, 0.15) is 18.0 Å². The molecule has 1 N–H and O–H groups in total. The number of hydrogen-bond acceptors (Lipinski definition) is 7. The lowest BCUT2D eigenvalue weighted by Gasteiger charge is -2.56. The number of rotatable bonds is 6. The summed E-state index contributed by atoms with van der Waals surface area (Å²) in [4.78, 5) is 13.9. The van der Waals surface area contributed by atoms with E-state index in [0.717, 1.165) is 36.2 Å². The maximum Gasteiger partial charge on any atom is 0.197 e. The van der Waals surface area contributed by atoms with Gasteiger partial charge in [-0.05, 0) is 66.3 Å². The van der Waals surface area contributed by atoms with Crippen LogP contribution in [0, 0.1) is 23.0 Å². The molecule has 1 saturated carbocycles. The predicted molar refractivity (Wildman–Crippen MR) is 136 cm³/mol. The third-order valence-corrected chi connectivity index (χ3v) is 8.37. The van der Waals surface area contributed by atoms with E-state index in [1.807, 2.05) is 19.1 Å². The lowest BCUT2D eigenvalue weighted by atomic mass is 9.47. The molecule has 38 heavy (non-hydrogen) atoms. The van der Waals surface area contributed by atoms with Crippen LogP contribution in [-0.4, -0.2) is 46.6 Å². The molecule has 0 radical (unpaired) electrons. The molecule has 3 aromatic heterocycles. The molecule has 0 amide bonds. The van der Waals surface area contributed by atoms with Gasteiger partial charge in [-0.3, -0.25) is 0 Å². The van der Waals surface area contributed by atoms with Crippen molar-refractivity contribution in [2.75, 3.05) is 6.61 Å². The summed E-state index contributed by atoms with van der Waals surface area (Å²) in [6.45, 7) is 6.90. The minimum atomic E-state index is -0.657. The standard InChI is InChI=1S/C28H29F2N7O/c1-16(14-38)13-37-26(32-15-33-37)25-31-10-8-22(34-25)28-9-7-17(12-27(28,2)3)18-11-21(35-36-24(18)28)23-19(29)5-4-6-20(23)30/h4-6,8,10-11,15-17,38H,7,9,12-14H2,1-3H3/t16-,17-,28+/m1/s1. The number of aliphatic hydroxyl groups excluding tert-OH is 1. The van der Waals surface area contributed by atoms with E-state index in [1.165, 1.54) is 24.5 Å². The summed E-state index contributed by atoms with van der Waals surface area (Å²) in [5.74, 6) is -0.119. The smallest absolute Gasteiger partial charge is 0.197 e. The van der Waals surface area contributed by atoms with Crippen molar-refractivity contribution in [3.05, 3.63) is 71.4 Å². The zero-order valence-electron chi connectivity index (χ0n) is 21.6. The molecular formula is C28H29F2N7O. The van der Waals surface area contributed by atoms with Crippen molar-refractivity contribution in [3.8, 4) is 22.9 Å². The Bertz CT molecular complexity index is 1500. The summed E-state index contributed by atoms with van der Waals surface area (Å²) in [6.07, 6.45) is 5.81. The maximum absolute atomic E-state index is 14.6. The van der Waals surface area contributed by atoms with Gasteiger partial charge < -0.3 is 5.11 Å². The Morgan fingerprint density at radius 3 is 2.66 bits per heavy atom. The van der Waals surface area contributed by atoms with E-state index in [2.05, 4.69) is 39.1 Å². The molecule has 3 aliphatic rings. The average Bonchev–Trinajstić information content (AvgIpc) is 3.36. The molecule has 0 aliphatic heterocycles. The van der Waals surface area contributed by atoms with E-state index in [0.29, 0.717) is 18.2 Å². The molecule has 0 saturated heterocycles. The molecule has 8 nitrogen and oxygen atoms in total. The van der Waals surface area contributed by atoms with Crippen LogP contribution < -0.4 is 0 Å². The van der Waals surface area contributed by atoms with Gasteiger partial charge in [0.05, 0.1) is 28.1 Å². The molecule has 0 spiro atoms. The highest BCUT2D eigenvalue weighted by molar-refractivity contribution is 5.63. The quantitative estimate of drug-likeness (QED) is 0.396. The summed E-state index contributed by atoms with van der Waals surface area (Å²) in [7, 11) is 0. The van der Waals surface area contributed by atoms with Crippen molar-refractivity contribution in [1.29, 1.82) is 0 Å². The second kappa shape index (κ2) is 8.97. The van der Waals surface area contributed by atoms with Gasteiger partial charge in [0.15, 0.2) is 11.6 Å². The van der Waals surface area contributed by atoms with E-state index in [-0.39, 0.29) is 35.1 Å². The summed E-state index contributed by atoms with van der Waals surface area (Å²) in [6, 6.07) is 7.55. The predicted octanol–water partition coefficient (Wildman–Crippen LogP) is 4.69. The Kier molecular flexibility index (Phi) is 5.82. The number of nitrogens with zero attached hydrogens (tertiary/aromatic N) is 7. The Morgan fingerprint density at radius 1 is 1.13 bits per heavy atom. The minimum absolute atomic E-state index is 0.000386. The van der Waals surface area contributed by atoms with Gasteiger partial charge in [0.2, 0.25) is 0 Å². The molecule has 1 aromatic carbocycles. The summed E-state index contributed by atoms with van der Waals surface area (Å²) < 4.78 is 30.9. The molecule has 3 aliphatic carbocycles. The summed E-state index contributed by atoms with van der Waals surface area (Å²) in [5.41, 5.74) is 1.89. The van der Waals surface area contributed by atoms with Gasteiger partial charge >= 0.3 is 0 Å². The van der Waals surface area contributed by atoms with Gasteiger partial charge in [0.25, 0.3) is 0 Å². The van der Waals surface area contributed by atoms with Gasteiger partial charge in [-0.25, -0.2) is 28.4 Å². The highest BCUT2D eigenvalue weighted by Crippen LogP contribution is 2.63. The van der Waals surface area contributed by atoms with Gasteiger partial charge in [0, 0.05) is 19.3 Å². The van der Waals surface area contributed by atoms with Crippen LogP contribution >= 0.6 is 0 Å². The first-order chi connectivity index (χ1) is 18.2. The average molecular weight is 518 g/mol. The van der Waals surface area contributed by atoms with E-state index in [1.54, 1.807) is 10.9 Å². The normalized spacial score (nSPS) is 22.3. The largest absolute Gasteiger partial charge is 0.396 e. The van der Waals surface area contributed by atoms with Crippen LogP contribution in [0.2, 0.25) is 0 Å². The highest BCUT2D eigenvalue weighted by atomic mass is 19.1. The van der Waals surface area contributed by atoms with Gasteiger partial charge in [-0.1, -0.05) is 26.8 Å². The van der Waals surface area contributed by atoms with E-state index in [9.17, 15) is 13.9 Å². The topological polar surface area (TPSA) is 102 Å². The van der Waals surface area contributed by atoms with Crippen LogP contribution in [0.1, 0.15) is 62.9 Å². The van der Waals surface area contributed by atoms with Crippen LogP contribution in [0.25, 0.3) is 22.9 Å². The van der Waals surface area contributed by atoms with Crippen LogP contribution in [0.5, 0.6) is 0 Å². The number of aromatic nitrogens is 7. The van der Waals surface area contributed by atoms with Gasteiger partial charge in [-0.2, -0.15) is 10.2 Å². The number of fused-ring (bicyclic) bond motifs is 2. The Labute approximate surface area is 219 Å². The zero-order chi connectivity index (χ0) is 26.7. The molecular weight excluding hydrogens is 488 g/mol. The first-order valence-electron chi connectivity index (χ1n) is 12.9. The summed E-state index contributed by atoms with van der Waals surface area (Å²) in [5, 5.41) is 22.8. The number of benzene rings is 1. The molecule has 0 unspecified atom stereocenters. The van der Waals surface area contributed by atoms with Crippen LogP contribution in [-0.2, 0) is 12.0 Å². The Morgan fingerprint density at radius 2 is 1.92 bits per heavy atom. The molecule has 4 aromatic rings. The fourth-order valence-electron chi connectivity index (χ4n) is 6.46. The maximum atomic E-state index is 14.6. The van der Waals surface area contributed by atoms with Crippen LogP contribution in [0.15, 0.2) is 42.9 Å². The van der Waals surface area contributed by atoms with E-state index < -0.39 is 17.0 Å². The van der Waals surface area contributed by atoms with Crippen molar-refractivity contribution in [2.45, 2.75) is 57.9 Å². The first-order valence-corrected chi connectivity index (χ1v) is 12.9. The Balaban J connectivity index is 1.49. The number of aliphatic hydroxyl groups is 1. The molecule has 3 heterocycles. The lowest BCUT2D eigenvalue weighted by Crippen LogP contribution is -2.53. The second-order valence-corrected chi connectivity index (χ2v) is 11.2. The summed E-state index contributed by atoms with van der Waals surface area (Å²) >= 11 is 0. The number of hydrogen-bond donors (Lipinski definition) is 1. The SMILES string of the molecule is C[C@@H](CO)Cn1ncnc1-c1nccc([C@]23CC[C@H](CC2(C)C)c2cc(-c4c(F)cccc4F)nnc23)n1.